The third-order valence-electron chi connectivity index (χ3n) is 0.893. The maximum absolute atomic E-state index is 8.80. The molecule has 0 amide bonds. The van der Waals surface area contributed by atoms with E-state index in [9.17, 15) is 0 Å². The number of pyridine rings is 1. The predicted octanol–water partition coefficient (Wildman–Crippen LogP) is 0.967. The SMILES string of the molecule is N=c1ccc(Br)cn1O. The molecule has 3 nitrogen and oxygen atoms in total. The fraction of sp³-hybridized carbons (Fsp3) is 0. The summed E-state index contributed by atoms with van der Waals surface area (Å²) in [6.45, 7) is 0. The Balaban J connectivity index is 3.34. The number of nitrogens with zero attached hydrogens (tertiary/aromatic N) is 1. The van der Waals surface area contributed by atoms with Crippen LogP contribution in [0.5, 0.6) is 0 Å². The van der Waals surface area contributed by atoms with Crippen molar-refractivity contribution in [1.29, 1.82) is 5.41 Å². The van der Waals surface area contributed by atoms with Crippen LogP contribution in [0, 0.1) is 5.41 Å². The smallest absolute Gasteiger partial charge is 0.160 e. The van der Waals surface area contributed by atoms with Crippen LogP contribution in [-0.4, -0.2) is 9.94 Å². The van der Waals surface area contributed by atoms with E-state index in [0.29, 0.717) is 0 Å². The van der Waals surface area contributed by atoms with Crippen LogP contribution in [0.15, 0.2) is 22.8 Å². The van der Waals surface area contributed by atoms with Crippen molar-refractivity contribution in [2.45, 2.75) is 0 Å². The lowest BCUT2D eigenvalue weighted by Crippen LogP contribution is -2.14. The van der Waals surface area contributed by atoms with Gasteiger partial charge in [0.2, 0.25) is 0 Å². The van der Waals surface area contributed by atoms with Crippen molar-refractivity contribution in [2.75, 3.05) is 0 Å². The van der Waals surface area contributed by atoms with Crippen LogP contribution >= 0.6 is 15.9 Å². The van der Waals surface area contributed by atoms with Gasteiger partial charge < -0.3 is 5.21 Å². The molecule has 0 spiro atoms. The number of nitrogens with one attached hydrogen (secondary N) is 1. The Morgan fingerprint density at radius 3 is 2.67 bits per heavy atom. The van der Waals surface area contributed by atoms with Gasteiger partial charge in [-0.1, -0.05) is 0 Å². The van der Waals surface area contributed by atoms with Gasteiger partial charge in [-0.15, -0.1) is 0 Å². The molecule has 48 valence electrons. The summed E-state index contributed by atoms with van der Waals surface area (Å²) in [5, 5.41) is 15.8. The number of hydrogen-bond donors (Lipinski definition) is 2. The zero-order valence-corrected chi connectivity index (χ0v) is 6.09. The van der Waals surface area contributed by atoms with Crippen molar-refractivity contribution in [1.82, 2.24) is 4.73 Å². The van der Waals surface area contributed by atoms with E-state index in [2.05, 4.69) is 15.9 Å². The molecule has 1 aromatic rings. The second-order valence-electron chi connectivity index (χ2n) is 1.58. The highest BCUT2D eigenvalue weighted by molar-refractivity contribution is 9.10. The van der Waals surface area contributed by atoms with E-state index in [1.807, 2.05) is 0 Å². The molecule has 1 rings (SSSR count). The van der Waals surface area contributed by atoms with E-state index >= 15 is 0 Å². The van der Waals surface area contributed by atoms with Gasteiger partial charge in [-0.05, 0) is 28.1 Å². The van der Waals surface area contributed by atoms with E-state index in [-0.39, 0.29) is 5.49 Å². The molecule has 1 aromatic heterocycles. The first kappa shape index (κ1) is 6.35. The van der Waals surface area contributed by atoms with Crippen molar-refractivity contribution < 1.29 is 5.21 Å². The van der Waals surface area contributed by atoms with E-state index < -0.39 is 0 Å². The number of rotatable bonds is 0. The van der Waals surface area contributed by atoms with Gasteiger partial charge in [-0.25, -0.2) is 0 Å². The Morgan fingerprint density at radius 2 is 2.22 bits per heavy atom. The van der Waals surface area contributed by atoms with Crippen LogP contribution in [-0.2, 0) is 0 Å². The zero-order chi connectivity index (χ0) is 6.85. The molecule has 0 radical (unpaired) electrons. The van der Waals surface area contributed by atoms with Crippen molar-refractivity contribution in [2.24, 2.45) is 0 Å². The monoisotopic (exact) mass is 188 g/mol. The Bertz CT molecular complexity index is 268. The van der Waals surface area contributed by atoms with Crippen molar-refractivity contribution >= 4 is 15.9 Å². The summed E-state index contributed by atoms with van der Waals surface area (Å²) in [4.78, 5) is 0. The maximum atomic E-state index is 8.80. The number of aromatic nitrogens is 1. The highest BCUT2D eigenvalue weighted by Gasteiger charge is 1.87. The third kappa shape index (κ3) is 1.32. The van der Waals surface area contributed by atoms with Crippen molar-refractivity contribution in [3.05, 3.63) is 28.3 Å². The second kappa shape index (κ2) is 2.23. The molecule has 0 aliphatic rings. The fourth-order valence-corrected chi connectivity index (χ4v) is 0.790. The first-order valence-electron chi connectivity index (χ1n) is 2.32. The highest BCUT2D eigenvalue weighted by Crippen LogP contribution is 2.02. The van der Waals surface area contributed by atoms with Crippen molar-refractivity contribution in [3.63, 3.8) is 0 Å². The molecule has 0 bridgehead atoms. The Morgan fingerprint density at radius 1 is 1.56 bits per heavy atom. The van der Waals surface area contributed by atoms with E-state index in [4.69, 9.17) is 10.6 Å². The molecule has 0 saturated carbocycles. The molecule has 0 atom stereocenters. The van der Waals surface area contributed by atoms with Crippen molar-refractivity contribution in [3.8, 4) is 0 Å². The first-order valence-corrected chi connectivity index (χ1v) is 3.11. The molecule has 0 fully saturated rings. The minimum Gasteiger partial charge on any atom is -0.427 e. The zero-order valence-electron chi connectivity index (χ0n) is 4.50. The summed E-state index contributed by atoms with van der Waals surface area (Å²) < 4.78 is 1.49. The average Bonchev–Trinajstić information content (AvgIpc) is 1.80. The maximum Gasteiger partial charge on any atom is 0.160 e. The molecule has 0 unspecified atom stereocenters. The second-order valence-corrected chi connectivity index (χ2v) is 2.49. The van der Waals surface area contributed by atoms with Gasteiger partial charge in [0.1, 0.15) is 0 Å². The quantitative estimate of drug-likeness (QED) is 0.587. The van der Waals surface area contributed by atoms with Gasteiger partial charge in [0.15, 0.2) is 5.49 Å². The lowest BCUT2D eigenvalue weighted by molar-refractivity contribution is 0.170. The standard InChI is InChI=1S/C5H5BrN2O/c6-4-1-2-5(7)8(9)3-4/h1-3,7,9H. The molecule has 0 aliphatic carbocycles. The van der Waals surface area contributed by atoms with Gasteiger partial charge in [0.25, 0.3) is 0 Å². The minimum atomic E-state index is 0.0678. The van der Waals surface area contributed by atoms with Crippen LogP contribution in [0.2, 0.25) is 0 Å². The van der Waals surface area contributed by atoms with Gasteiger partial charge in [-0.3, -0.25) is 5.41 Å². The molecular weight excluding hydrogens is 184 g/mol. The summed E-state index contributed by atoms with van der Waals surface area (Å²) in [5.74, 6) is 0. The summed E-state index contributed by atoms with van der Waals surface area (Å²) in [6, 6.07) is 3.18. The van der Waals surface area contributed by atoms with Crippen LogP contribution in [0.3, 0.4) is 0 Å². The van der Waals surface area contributed by atoms with Gasteiger partial charge in [0.05, 0.1) is 6.20 Å². The van der Waals surface area contributed by atoms with E-state index in [1.165, 1.54) is 12.3 Å². The van der Waals surface area contributed by atoms with Crippen LogP contribution in [0.25, 0.3) is 0 Å². The summed E-state index contributed by atoms with van der Waals surface area (Å²) in [5.41, 5.74) is 0.0678. The van der Waals surface area contributed by atoms with Gasteiger partial charge in [-0.2, -0.15) is 4.73 Å². The van der Waals surface area contributed by atoms with Gasteiger partial charge >= 0.3 is 0 Å². The molecule has 0 saturated heterocycles. The summed E-state index contributed by atoms with van der Waals surface area (Å²) >= 11 is 3.13. The van der Waals surface area contributed by atoms with E-state index in [1.54, 1.807) is 6.07 Å². The number of hydrogen-bond acceptors (Lipinski definition) is 2. The first-order chi connectivity index (χ1) is 4.20. The Kier molecular flexibility index (Phi) is 1.57. The summed E-state index contributed by atoms with van der Waals surface area (Å²) in [7, 11) is 0. The minimum absolute atomic E-state index is 0.0678. The Labute approximate surface area is 60.2 Å². The van der Waals surface area contributed by atoms with Crippen LogP contribution in [0.1, 0.15) is 0 Å². The van der Waals surface area contributed by atoms with Crippen LogP contribution in [0.4, 0.5) is 0 Å². The molecular formula is C5H5BrN2O. The predicted molar refractivity (Wildman–Crippen MR) is 35.2 cm³/mol. The highest BCUT2D eigenvalue weighted by atomic mass is 79.9. The lowest BCUT2D eigenvalue weighted by Gasteiger charge is -1.94. The fourth-order valence-electron chi connectivity index (χ4n) is 0.464. The molecule has 9 heavy (non-hydrogen) atoms. The molecule has 4 heteroatoms. The third-order valence-corrected chi connectivity index (χ3v) is 1.36. The lowest BCUT2D eigenvalue weighted by atomic mass is 10.5. The normalized spacial score (nSPS) is 9.44. The van der Waals surface area contributed by atoms with Crippen LogP contribution < -0.4 is 5.49 Å². The molecule has 1 heterocycles. The molecule has 0 aromatic carbocycles. The topological polar surface area (TPSA) is 49.0 Å². The molecule has 2 N–H and O–H groups in total. The number of halogens is 1. The summed E-state index contributed by atoms with van der Waals surface area (Å²) in [6.07, 6.45) is 1.41. The Hall–Kier alpha value is -0.770. The largest absolute Gasteiger partial charge is 0.427 e. The van der Waals surface area contributed by atoms with Gasteiger partial charge in [0, 0.05) is 4.47 Å². The van der Waals surface area contributed by atoms with E-state index in [0.717, 1.165) is 9.20 Å². The molecule has 0 aliphatic heterocycles. The average molecular weight is 189 g/mol.